The molecule has 0 saturated heterocycles. The molecular formula is C9H12N2. The van der Waals surface area contributed by atoms with E-state index in [0.29, 0.717) is 5.92 Å². The lowest BCUT2D eigenvalue weighted by Crippen LogP contribution is -1.82. The van der Waals surface area contributed by atoms with Gasteiger partial charge in [0.25, 0.3) is 0 Å². The van der Waals surface area contributed by atoms with Gasteiger partial charge in [-0.05, 0) is 13.0 Å². The Morgan fingerprint density at radius 1 is 1.64 bits per heavy atom. The van der Waals surface area contributed by atoms with Gasteiger partial charge in [0.05, 0.1) is 11.9 Å². The quantitative estimate of drug-likeness (QED) is 0.536. The normalized spacial score (nSPS) is 23.8. The molecule has 0 spiro atoms. The van der Waals surface area contributed by atoms with E-state index in [9.17, 15) is 0 Å². The summed E-state index contributed by atoms with van der Waals surface area (Å²) in [7, 11) is 0. The van der Waals surface area contributed by atoms with Crippen molar-refractivity contribution in [2.24, 2.45) is 15.9 Å². The molecular weight excluding hydrogens is 136 g/mol. The van der Waals surface area contributed by atoms with E-state index in [-0.39, 0.29) is 0 Å². The number of hydrogen-bond acceptors (Lipinski definition) is 2. The molecule has 0 radical (unpaired) electrons. The Hall–Kier alpha value is -1.18. The van der Waals surface area contributed by atoms with Gasteiger partial charge < -0.3 is 0 Å². The van der Waals surface area contributed by atoms with Crippen LogP contribution in [0, 0.1) is 5.92 Å². The fourth-order valence-corrected chi connectivity index (χ4v) is 0.841. The number of hydrogen-bond donors (Lipinski definition) is 0. The van der Waals surface area contributed by atoms with Crippen LogP contribution in [-0.4, -0.2) is 12.4 Å². The minimum atomic E-state index is 0.460. The molecule has 2 nitrogen and oxygen atoms in total. The molecule has 1 rings (SSSR count). The zero-order chi connectivity index (χ0) is 8.10. The van der Waals surface area contributed by atoms with Gasteiger partial charge in [-0.2, -0.15) is 0 Å². The highest BCUT2D eigenvalue weighted by Crippen LogP contribution is 2.08. The minimum absolute atomic E-state index is 0.460. The van der Waals surface area contributed by atoms with E-state index in [1.165, 1.54) is 0 Å². The molecule has 0 aromatic rings. The van der Waals surface area contributed by atoms with Crippen molar-refractivity contribution in [2.75, 3.05) is 0 Å². The molecule has 0 N–H and O–H groups in total. The molecule has 0 saturated carbocycles. The predicted octanol–water partition coefficient (Wildman–Crippen LogP) is 2.20. The highest BCUT2D eigenvalue weighted by atomic mass is 14.8. The summed E-state index contributed by atoms with van der Waals surface area (Å²) < 4.78 is 0. The lowest BCUT2D eigenvalue weighted by molar-refractivity contribution is 1.05. The summed E-state index contributed by atoms with van der Waals surface area (Å²) in [5.41, 5.74) is 0.954. The Morgan fingerprint density at radius 3 is 3.00 bits per heavy atom. The van der Waals surface area contributed by atoms with E-state index >= 15 is 0 Å². The van der Waals surface area contributed by atoms with Crippen LogP contribution in [-0.2, 0) is 0 Å². The van der Waals surface area contributed by atoms with Gasteiger partial charge in [0.1, 0.15) is 0 Å². The first-order valence-corrected chi connectivity index (χ1v) is 3.73. The third-order valence-electron chi connectivity index (χ3n) is 1.33. The van der Waals surface area contributed by atoms with Crippen molar-refractivity contribution < 1.29 is 0 Å². The first kappa shape index (κ1) is 7.92. The van der Waals surface area contributed by atoms with Crippen LogP contribution in [0.1, 0.15) is 13.8 Å². The average Bonchev–Trinajstić information content (AvgIpc) is 2.37. The summed E-state index contributed by atoms with van der Waals surface area (Å²) in [6, 6.07) is 0. The molecule has 0 fully saturated rings. The maximum atomic E-state index is 4.14. The Labute approximate surface area is 67.1 Å². The topological polar surface area (TPSA) is 24.7 Å². The monoisotopic (exact) mass is 148 g/mol. The fraction of sp³-hybridized carbons (Fsp3) is 0.333. The lowest BCUT2D eigenvalue weighted by atomic mass is 10.2. The molecule has 0 aromatic carbocycles. The van der Waals surface area contributed by atoms with Crippen LogP contribution >= 0.6 is 0 Å². The van der Waals surface area contributed by atoms with Crippen LogP contribution in [0.4, 0.5) is 0 Å². The average molecular weight is 148 g/mol. The van der Waals surface area contributed by atoms with Crippen LogP contribution in [0.5, 0.6) is 0 Å². The van der Waals surface area contributed by atoms with E-state index in [0.717, 1.165) is 5.70 Å². The summed E-state index contributed by atoms with van der Waals surface area (Å²) in [5.74, 6) is 0.460. The van der Waals surface area contributed by atoms with Crippen molar-refractivity contribution in [1.29, 1.82) is 0 Å². The lowest BCUT2D eigenvalue weighted by Gasteiger charge is -1.84. The smallest absolute Gasteiger partial charge is 0.0775 e. The molecule has 0 unspecified atom stereocenters. The van der Waals surface area contributed by atoms with E-state index in [2.05, 4.69) is 23.0 Å². The molecule has 1 aliphatic heterocycles. The molecule has 11 heavy (non-hydrogen) atoms. The van der Waals surface area contributed by atoms with Crippen molar-refractivity contribution in [3.05, 3.63) is 24.0 Å². The number of allylic oxidation sites excluding steroid dienone is 3. The molecule has 0 bridgehead atoms. The zero-order valence-corrected chi connectivity index (χ0v) is 6.86. The van der Waals surface area contributed by atoms with Crippen LogP contribution in [0.3, 0.4) is 0 Å². The van der Waals surface area contributed by atoms with Crippen molar-refractivity contribution in [3.8, 4) is 0 Å². The largest absolute Gasteiger partial charge is 0.263 e. The fourth-order valence-electron chi connectivity index (χ4n) is 0.841. The molecule has 0 amide bonds. The van der Waals surface area contributed by atoms with E-state index < -0.39 is 0 Å². The van der Waals surface area contributed by atoms with Crippen molar-refractivity contribution in [1.82, 2.24) is 0 Å². The van der Waals surface area contributed by atoms with Gasteiger partial charge in [-0.25, -0.2) is 0 Å². The first-order valence-electron chi connectivity index (χ1n) is 3.73. The molecule has 0 aromatic heterocycles. The van der Waals surface area contributed by atoms with Crippen LogP contribution in [0.15, 0.2) is 34.0 Å². The second-order valence-electron chi connectivity index (χ2n) is 2.49. The van der Waals surface area contributed by atoms with Gasteiger partial charge in [-0.15, -0.1) is 0 Å². The summed E-state index contributed by atoms with van der Waals surface area (Å²) in [4.78, 5) is 8.16. The van der Waals surface area contributed by atoms with Gasteiger partial charge in [0.15, 0.2) is 0 Å². The number of aliphatic imine (C=N–C) groups is 2. The van der Waals surface area contributed by atoms with E-state index in [4.69, 9.17) is 0 Å². The zero-order valence-electron chi connectivity index (χ0n) is 6.86. The summed E-state index contributed by atoms with van der Waals surface area (Å²) in [6.45, 7) is 4.03. The summed E-state index contributed by atoms with van der Waals surface area (Å²) >= 11 is 0. The van der Waals surface area contributed by atoms with Gasteiger partial charge >= 0.3 is 0 Å². The number of nitrogens with zero attached hydrogens (tertiary/aromatic N) is 2. The van der Waals surface area contributed by atoms with Crippen molar-refractivity contribution >= 4 is 12.4 Å². The Balaban J connectivity index is 2.51. The van der Waals surface area contributed by atoms with Crippen molar-refractivity contribution in [3.63, 3.8) is 0 Å². The predicted molar refractivity (Wildman–Crippen MR) is 49.0 cm³/mol. The maximum absolute atomic E-state index is 4.14. The molecule has 2 heteroatoms. The second kappa shape index (κ2) is 3.86. The van der Waals surface area contributed by atoms with E-state index in [1.54, 1.807) is 12.4 Å². The molecule has 1 aliphatic rings. The molecule has 1 atom stereocenters. The van der Waals surface area contributed by atoms with Gasteiger partial charge in [-0.1, -0.05) is 13.0 Å². The van der Waals surface area contributed by atoms with Gasteiger partial charge in [-0.3, -0.25) is 9.98 Å². The Morgan fingerprint density at radius 2 is 2.45 bits per heavy atom. The highest BCUT2D eigenvalue weighted by molar-refractivity contribution is 5.85. The highest BCUT2D eigenvalue weighted by Gasteiger charge is 2.01. The number of rotatable bonds is 2. The van der Waals surface area contributed by atoms with Crippen LogP contribution < -0.4 is 0 Å². The summed E-state index contributed by atoms with van der Waals surface area (Å²) in [6.07, 6.45) is 9.39. The SMILES string of the molecule is C/C=C\N=CC1=C[C@@H](C)C=N1. The second-order valence-corrected chi connectivity index (χ2v) is 2.49. The molecule has 1 heterocycles. The summed E-state index contributed by atoms with van der Waals surface area (Å²) in [5, 5.41) is 0. The maximum Gasteiger partial charge on any atom is 0.0775 e. The van der Waals surface area contributed by atoms with Crippen LogP contribution in [0.2, 0.25) is 0 Å². The van der Waals surface area contributed by atoms with Crippen molar-refractivity contribution in [2.45, 2.75) is 13.8 Å². The van der Waals surface area contributed by atoms with Gasteiger partial charge in [0.2, 0.25) is 0 Å². The Bertz CT molecular complexity index is 234. The molecule has 58 valence electrons. The standard InChI is InChI=1S/C9H12N2/c1-3-4-10-7-9-5-8(2)6-11-9/h3-8H,1-2H3/b4-3-,10-7?/t8-/m1/s1. The third kappa shape index (κ3) is 2.50. The van der Waals surface area contributed by atoms with Gasteiger partial charge in [0, 0.05) is 18.3 Å². The first-order chi connectivity index (χ1) is 5.33. The minimum Gasteiger partial charge on any atom is -0.263 e. The Kier molecular flexibility index (Phi) is 2.78. The molecule has 0 aliphatic carbocycles. The third-order valence-corrected chi connectivity index (χ3v) is 1.33. The van der Waals surface area contributed by atoms with Crippen LogP contribution in [0.25, 0.3) is 0 Å². The van der Waals surface area contributed by atoms with E-state index in [1.807, 2.05) is 19.2 Å².